The molecular formula is C21H38O7S2. The van der Waals surface area contributed by atoms with Gasteiger partial charge in [-0.05, 0) is 58.6 Å². The Morgan fingerprint density at radius 1 is 1.33 bits per heavy atom. The average Bonchev–Trinajstić information content (AvgIpc) is 3.30. The van der Waals surface area contributed by atoms with E-state index in [-0.39, 0.29) is 18.6 Å². The van der Waals surface area contributed by atoms with E-state index >= 15 is 0 Å². The summed E-state index contributed by atoms with van der Waals surface area (Å²) < 4.78 is 38.5. The first kappa shape index (κ1) is 26.1. The SMILES string of the molecule is COC1C(O)CCC(O)(CSCCCCOS(C)(=O)=O)C1C1(C)OC1CC=C(C)C. The van der Waals surface area contributed by atoms with Crippen LogP contribution in [0.15, 0.2) is 11.6 Å². The molecule has 9 heteroatoms. The summed E-state index contributed by atoms with van der Waals surface area (Å²) >= 11 is 1.64. The fourth-order valence-corrected chi connectivity index (χ4v) is 6.15. The number of thioether (sulfide) groups is 1. The van der Waals surface area contributed by atoms with Gasteiger partial charge in [0, 0.05) is 18.8 Å². The van der Waals surface area contributed by atoms with Crippen LogP contribution in [-0.2, 0) is 23.8 Å². The van der Waals surface area contributed by atoms with E-state index in [1.165, 1.54) is 5.57 Å². The molecule has 30 heavy (non-hydrogen) atoms. The second-order valence-corrected chi connectivity index (χ2v) is 11.7. The molecule has 0 aromatic rings. The molecular weight excluding hydrogens is 428 g/mol. The van der Waals surface area contributed by atoms with Crippen LogP contribution in [0.25, 0.3) is 0 Å². The molecule has 0 aromatic heterocycles. The topological polar surface area (TPSA) is 106 Å². The fourth-order valence-electron chi connectivity index (χ4n) is 4.50. The number of hydrogen-bond donors (Lipinski definition) is 2. The third-order valence-electron chi connectivity index (χ3n) is 6.10. The van der Waals surface area contributed by atoms with Gasteiger partial charge in [-0.15, -0.1) is 0 Å². The Kier molecular flexibility index (Phi) is 9.25. The zero-order valence-electron chi connectivity index (χ0n) is 18.8. The van der Waals surface area contributed by atoms with Gasteiger partial charge in [-0.25, -0.2) is 0 Å². The van der Waals surface area contributed by atoms with Gasteiger partial charge in [0.25, 0.3) is 10.1 Å². The highest BCUT2D eigenvalue weighted by molar-refractivity contribution is 7.99. The zero-order valence-corrected chi connectivity index (χ0v) is 20.4. The van der Waals surface area contributed by atoms with Crippen LogP contribution in [0.1, 0.15) is 52.9 Å². The van der Waals surface area contributed by atoms with Gasteiger partial charge in [0.15, 0.2) is 0 Å². The highest BCUT2D eigenvalue weighted by atomic mass is 32.2. The Morgan fingerprint density at radius 3 is 2.63 bits per heavy atom. The molecule has 1 saturated carbocycles. The Hall–Kier alpha value is -0.160. The normalized spacial score (nSPS) is 36.5. The highest BCUT2D eigenvalue weighted by Crippen LogP contribution is 2.54. The molecule has 1 saturated heterocycles. The Bertz CT molecular complexity index is 691. The van der Waals surface area contributed by atoms with Crippen molar-refractivity contribution in [2.45, 2.75) is 82.4 Å². The number of allylic oxidation sites excluding steroid dienone is 1. The second-order valence-electron chi connectivity index (χ2n) is 8.98. The Labute approximate surface area is 185 Å². The number of hydrogen-bond acceptors (Lipinski definition) is 8. The van der Waals surface area contributed by atoms with E-state index in [1.54, 1.807) is 18.9 Å². The third-order valence-corrected chi connectivity index (χ3v) is 7.98. The maximum Gasteiger partial charge on any atom is 0.264 e. The van der Waals surface area contributed by atoms with Gasteiger partial charge < -0.3 is 19.7 Å². The van der Waals surface area contributed by atoms with Crippen LogP contribution >= 0.6 is 11.8 Å². The van der Waals surface area contributed by atoms with Crippen LogP contribution in [0.3, 0.4) is 0 Å². The molecule has 1 aliphatic heterocycles. The van der Waals surface area contributed by atoms with Gasteiger partial charge >= 0.3 is 0 Å². The van der Waals surface area contributed by atoms with E-state index in [0.29, 0.717) is 25.0 Å². The Morgan fingerprint density at radius 2 is 2.03 bits per heavy atom. The molecule has 0 bridgehead atoms. The minimum atomic E-state index is -3.39. The van der Waals surface area contributed by atoms with Crippen LogP contribution in [-0.4, -0.2) is 79.6 Å². The van der Waals surface area contributed by atoms with Crippen molar-refractivity contribution in [3.8, 4) is 0 Å². The maximum absolute atomic E-state index is 11.6. The lowest BCUT2D eigenvalue weighted by atomic mass is 9.66. The fraction of sp³-hybridized carbons (Fsp3) is 0.905. The minimum absolute atomic E-state index is 0.00464. The molecule has 6 atom stereocenters. The van der Waals surface area contributed by atoms with Gasteiger partial charge in [-0.2, -0.15) is 20.2 Å². The number of aliphatic hydroxyl groups excluding tert-OH is 1. The largest absolute Gasteiger partial charge is 0.390 e. The summed E-state index contributed by atoms with van der Waals surface area (Å²) in [6.07, 6.45) is 5.31. The summed E-state index contributed by atoms with van der Waals surface area (Å²) in [6.45, 7) is 6.30. The summed E-state index contributed by atoms with van der Waals surface area (Å²) in [5.41, 5.74) is -0.305. The van der Waals surface area contributed by atoms with Crippen molar-refractivity contribution in [1.29, 1.82) is 0 Å². The number of rotatable bonds is 12. The quantitative estimate of drug-likeness (QED) is 0.196. The molecule has 2 rings (SSSR count). The van der Waals surface area contributed by atoms with E-state index in [2.05, 4.69) is 19.9 Å². The van der Waals surface area contributed by atoms with Crippen molar-refractivity contribution >= 4 is 21.9 Å². The molecule has 0 spiro atoms. The monoisotopic (exact) mass is 466 g/mol. The molecule has 7 nitrogen and oxygen atoms in total. The van der Waals surface area contributed by atoms with E-state index in [9.17, 15) is 18.6 Å². The van der Waals surface area contributed by atoms with Gasteiger partial charge in [0.05, 0.1) is 36.8 Å². The van der Waals surface area contributed by atoms with Crippen molar-refractivity contribution in [1.82, 2.24) is 0 Å². The maximum atomic E-state index is 11.6. The van der Waals surface area contributed by atoms with Crippen molar-refractivity contribution in [2.75, 3.05) is 31.5 Å². The van der Waals surface area contributed by atoms with E-state index in [4.69, 9.17) is 13.7 Å². The molecule has 1 aliphatic carbocycles. The van der Waals surface area contributed by atoms with Crippen molar-refractivity contribution < 1.29 is 32.3 Å². The van der Waals surface area contributed by atoms with Crippen LogP contribution < -0.4 is 0 Å². The van der Waals surface area contributed by atoms with Crippen LogP contribution in [0, 0.1) is 5.92 Å². The van der Waals surface area contributed by atoms with Crippen LogP contribution in [0.4, 0.5) is 0 Å². The molecule has 0 amide bonds. The summed E-state index contributed by atoms with van der Waals surface area (Å²) in [4.78, 5) is 0. The van der Waals surface area contributed by atoms with E-state index < -0.39 is 33.5 Å². The van der Waals surface area contributed by atoms with Gasteiger partial charge in [0.1, 0.15) is 5.60 Å². The molecule has 1 heterocycles. The first-order chi connectivity index (χ1) is 13.9. The first-order valence-electron chi connectivity index (χ1n) is 10.6. The average molecular weight is 467 g/mol. The van der Waals surface area contributed by atoms with Crippen molar-refractivity contribution in [2.24, 2.45) is 5.92 Å². The lowest BCUT2D eigenvalue weighted by molar-refractivity contribution is -0.169. The summed E-state index contributed by atoms with van der Waals surface area (Å²) in [7, 11) is -1.81. The molecule has 0 aromatic carbocycles. The lowest BCUT2D eigenvalue weighted by Crippen LogP contribution is -2.60. The lowest BCUT2D eigenvalue weighted by Gasteiger charge is -2.48. The van der Waals surface area contributed by atoms with E-state index in [1.807, 2.05) is 6.92 Å². The second kappa shape index (κ2) is 10.6. The molecule has 2 aliphatic rings. The van der Waals surface area contributed by atoms with Crippen molar-refractivity contribution in [3.63, 3.8) is 0 Å². The number of epoxide rings is 1. The molecule has 0 radical (unpaired) electrons. The molecule has 6 unspecified atom stereocenters. The van der Waals surface area contributed by atoms with Crippen LogP contribution in [0.5, 0.6) is 0 Å². The number of methoxy groups -OCH3 is 1. The number of ether oxygens (including phenoxy) is 2. The molecule has 176 valence electrons. The van der Waals surface area contributed by atoms with Crippen LogP contribution in [0.2, 0.25) is 0 Å². The van der Waals surface area contributed by atoms with Gasteiger partial charge in [-0.1, -0.05) is 11.6 Å². The predicted octanol–water partition coefficient (Wildman–Crippen LogP) is 2.51. The predicted molar refractivity (Wildman–Crippen MR) is 119 cm³/mol. The standard InChI is InChI=1S/C21H38O7S2/c1-15(2)8-9-17-20(3,28-17)19-18(26-4)16(22)10-11-21(19,23)14-29-13-7-6-12-27-30(5,24)25/h8,16-19,22-23H,6-7,9-14H2,1-5H3. The first-order valence-corrected chi connectivity index (χ1v) is 13.6. The van der Waals surface area contributed by atoms with Crippen molar-refractivity contribution in [3.05, 3.63) is 11.6 Å². The summed E-state index contributed by atoms with van der Waals surface area (Å²) in [6, 6.07) is 0. The molecule has 2 N–H and O–H groups in total. The summed E-state index contributed by atoms with van der Waals surface area (Å²) in [5.74, 6) is 0.988. The highest BCUT2D eigenvalue weighted by Gasteiger charge is 2.66. The smallest absolute Gasteiger partial charge is 0.264 e. The van der Waals surface area contributed by atoms with Gasteiger partial charge in [0.2, 0.25) is 0 Å². The summed E-state index contributed by atoms with van der Waals surface area (Å²) in [5, 5.41) is 22.1. The zero-order chi connectivity index (χ0) is 22.6. The Balaban J connectivity index is 1.96. The minimum Gasteiger partial charge on any atom is -0.390 e. The van der Waals surface area contributed by atoms with Gasteiger partial charge in [-0.3, -0.25) is 4.18 Å². The number of unbranched alkanes of at least 4 members (excludes halogenated alkanes) is 1. The number of aliphatic hydroxyl groups is 2. The van der Waals surface area contributed by atoms with E-state index in [0.717, 1.165) is 24.9 Å². The molecule has 2 fully saturated rings. The third kappa shape index (κ3) is 6.92.